The number of fused-ring (bicyclic) bond motifs is 1. The van der Waals surface area contributed by atoms with Crippen molar-refractivity contribution in [3.8, 4) is 5.75 Å². The molecule has 0 saturated carbocycles. The van der Waals surface area contributed by atoms with Gasteiger partial charge in [0.1, 0.15) is 5.75 Å². The van der Waals surface area contributed by atoms with Gasteiger partial charge in [-0.2, -0.15) is 0 Å². The van der Waals surface area contributed by atoms with Gasteiger partial charge in [0.2, 0.25) is 0 Å². The van der Waals surface area contributed by atoms with Crippen LogP contribution in [-0.4, -0.2) is 75.7 Å². The highest BCUT2D eigenvalue weighted by molar-refractivity contribution is 5.77. The Morgan fingerprint density at radius 1 is 1.03 bits per heavy atom. The minimum absolute atomic E-state index is 0.0362. The van der Waals surface area contributed by atoms with Crippen molar-refractivity contribution in [3.05, 3.63) is 59.7 Å². The molecular formula is C25H34N4O2. The predicted molar refractivity (Wildman–Crippen MR) is 125 cm³/mol. The molecule has 166 valence electrons. The molecule has 1 saturated heterocycles. The first-order valence-corrected chi connectivity index (χ1v) is 11.3. The Hall–Kier alpha value is -2.57. The maximum atomic E-state index is 12.5. The van der Waals surface area contributed by atoms with Gasteiger partial charge in [-0.25, -0.2) is 0 Å². The Morgan fingerprint density at radius 2 is 1.81 bits per heavy atom. The highest BCUT2D eigenvalue weighted by Gasteiger charge is 2.26. The lowest BCUT2D eigenvalue weighted by atomic mass is 9.95. The number of likely N-dealkylation sites (N-methyl/N-ethyl adjacent to an activating group) is 1. The summed E-state index contributed by atoms with van der Waals surface area (Å²) < 4.78 is 5.61. The number of piperazine rings is 1. The lowest BCUT2D eigenvalue weighted by Crippen LogP contribution is -2.48. The van der Waals surface area contributed by atoms with Crippen LogP contribution in [0.2, 0.25) is 0 Å². The van der Waals surface area contributed by atoms with E-state index in [4.69, 9.17) is 4.74 Å². The topological polar surface area (TPSA) is 48.1 Å². The largest absolute Gasteiger partial charge is 0.484 e. The number of carbonyl (C=O) groups excluding carboxylic acids is 1. The van der Waals surface area contributed by atoms with Crippen molar-refractivity contribution in [2.45, 2.75) is 18.9 Å². The van der Waals surface area contributed by atoms with Gasteiger partial charge in [0.25, 0.3) is 5.91 Å². The number of hydrogen-bond acceptors (Lipinski definition) is 5. The molecule has 2 aliphatic rings. The second-order valence-corrected chi connectivity index (χ2v) is 8.67. The van der Waals surface area contributed by atoms with Gasteiger partial charge in [-0.3, -0.25) is 9.69 Å². The summed E-state index contributed by atoms with van der Waals surface area (Å²) >= 11 is 0. The zero-order valence-corrected chi connectivity index (χ0v) is 18.7. The quantitative estimate of drug-likeness (QED) is 0.743. The number of benzene rings is 2. The standard InChI is InChI=1S/C25H34N4O2/c1-27-13-15-29(16-14-27)24(18-26-25(30)19-31-22-8-4-3-5-9-22)21-10-11-23-20(17-21)7-6-12-28(23)2/h3-5,8-11,17,24H,6-7,12-16,18-19H2,1-2H3,(H,26,30)/t24-/m1/s1. The van der Waals surface area contributed by atoms with Crippen LogP contribution in [0.5, 0.6) is 5.75 Å². The first kappa shape index (κ1) is 21.7. The van der Waals surface area contributed by atoms with Crippen LogP contribution in [0.4, 0.5) is 5.69 Å². The summed E-state index contributed by atoms with van der Waals surface area (Å²) in [6.07, 6.45) is 2.32. The van der Waals surface area contributed by atoms with E-state index in [9.17, 15) is 4.79 Å². The monoisotopic (exact) mass is 422 g/mol. The third kappa shape index (κ3) is 5.57. The highest BCUT2D eigenvalue weighted by Crippen LogP contribution is 2.31. The Kier molecular flexibility index (Phi) is 7.10. The number of nitrogens with one attached hydrogen (secondary N) is 1. The zero-order chi connectivity index (χ0) is 21.6. The van der Waals surface area contributed by atoms with E-state index in [2.05, 4.69) is 52.3 Å². The number of para-hydroxylation sites is 1. The molecule has 2 aliphatic heterocycles. The van der Waals surface area contributed by atoms with Crippen molar-refractivity contribution in [1.82, 2.24) is 15.1 Å². The Bertz CT molecular complexity index is 865. The molecule has 6 nitrogen and oxygen atoms in total. The molecular weight excluding hydrogens is 388 g/mol. The second-order valence-electron chi connectivity index (χ2n) is 8.67. The number of nitrogens with zero attached hydrogens (tertiary/aromatic N) is 3. The smallest absolute Gasteiger partial charge is 0.258 e. The Labute approximate surface area is 185 Å². The fourth-order valence-corrected chi connectivity index (χ4v) is 4.53. The highest BCUT2D eigenvalue weighted by atomic mass is 16.5. The molecule has 6 heteroatoms. The summed E-state index contributed by atoms with van der Waals surface area (Å²) in [5, 5.41) is 3.12. The molecule has 1 atom stereocenters. The summed E-state index contributed by atoms with van der Waals surface area (Å²) in [5.74, 6) is 0.632. The second kappa shape index (κ2) is 10.2. The molecule has 1 N–H and O–H groups in total. The number of amides is 1. The van der Waals surface area contributed by atoms with Crippen molar-refractivity contribution in [2.24, 2.45) is 0 Å². The normalized spacial score (nSPS) is 18.3. The van der Waals surface area contributed by atoms with Gasteiger partial charge in [0.15, 0.2) is 6.61 Å². The van der Waals surface area contributed by atoms with Crippen molar-refractivity contribution in [3.63, 3.8) is 0 Å². The molecule has 4 rings (SSSR count). The number of hydrogen-bond donors (Lipinski definition) is 1. The average molecular weight is 423 g/mol. The number of carbonyl (C=O) groups is 1. The SMILES string of the molecule is CN1CCN([C@H](CNC(=O)COc2ccccc2)c2ccc3c(c2)CCCN3C)CC1. The molecule has 2 heterocycles. The zero-order valence-electron chi connectivity index (χ0n) is 18.7. The molecule has 0 radical (unpaired) electrons. The van der Waals surface area contributed by atoms with E-state index in [0.717, 1.165) is 39.1 Å². The summed E-state index contributed by atoms with van der Waals surface area (Å²) in [5.41, 5.74) is 4.06. The molecule has 31 heavy (non-hydrogen) atoms. The maximum Gasteiger partial charge on any atom is 0.258 e. The van der Waals surface area contributed by atoms with Gasteiger partial charge >= 0.3 is 0 Å². The van der Waals surface area contributed by atoms with Gasteiger partial charge in [0.05, 0.1) is 6.04 Å². The van der Waals surface area contributed by atoms with E-state index in [-0.39, 0.29) is 18.6 Å². The fraction of sp³-hybridized carbons (Fsp3) is 0.480. The molecule has 0 spiro atoms. The lowest BCUT2D eigenvalue weighted by Gasteiger charge is -2.39. The van der Waals surface area contributed by atoms with Crippen molar-refractivity contribution < 1.29 is 9.53 Å². The van der Waals surface area contributed by atoms with Gasteiger partial charge in [-0.1, -0.05) is 30.3 Å². The van der Waals surface area contributed by atoms with E-state index in [1.165, 1.54) is 23.2 Å². The summed E-state index contributed by atoms with van der Waals surface area (Å²) in [7, 11) is 4.34. The van der Waals surface area contributed by atoms with Crippen LogP contribution < -0.4 is 15.0 Å². The molecule has 1 fully saturated rings. The lowest BCUT2D eigenvalue weighted by molar-refractivity contribution is -0.123. The van der Waals surface area contributed by atoms with Gasteiger partial charge in [-0.15, -0.1) is 0 Å². The van der Waals surface area contributed by atoms with Crippen LogP contribution in [0.15, 0.2) is 48.5 Å². The molecule has 2 aromatic rings. The number of anilines is 1. The van der Waals surface area contributed by atoms with E-state index >= 15 is 0 Å². The summed E-state index contributed by atoms with van der Waals surface area (Å²) in [4.78, 5) is 19.7. The van der Waals surface area contributed by atoms with Gasteiger partial charge < -0.3 is 19.9 Å². The molecule has 0 unspecified atom stereocenters. The van der Waals surface area contributed by atoms with Crippen LogP contribution >= 0.6 is 0 Å². The molecule has 0 aliphatic carbocycles. The average Bonchev–Trinajstić information content (AvgIpc) is 2.80. The van der Waals surface area contributed by atoms with Crippen LogP contribution in [-0.2, 0) is 11.2 Å². The van der Waals surface area contributed by atoms with E-state index in [1.54, 1.807) is 0 Å². The van der Waals surface area contributed by atoms with Gasteiger partial charge in [0, 0.05) is 52.0 Å². The number of rotatable bonds is 7. The van der Waals surface area contributed by atoms with Gasteiger partial charge in [-0.05, 0) is 49.2 Å². The third-order valence-electron chi connectivity index (χ3n) is 6.42. The molecule has 1 amide bonds. The Morgan fingerprint density at radius 3 is 2.58 bits per heavy atom. The summed E-state index contributed by atoms with van der Waals surface area (Å²) in [6, 6.07) is 16.5. The van der Waals surface area contributed by atoms with E-state index < -0.39 is 0 Å². The van der Waals surface area contributed by atoms with Crippen molar-refractivity contribution >= 4 is 11.6 Å². The first-order valence-electron chi connectivity index (χ1n) is 11.3. The van der Waals surface area contributed by atoms with Crippen LogP contribution in [0.1, 0.15) is 23.6 Å². The Balaban J connectivity index is 1.44. The first-order chi connectivity index (χ1) is 15.1. The number of aryl methyl sites for hydroxylation is 1. The van der Waals surface area contributed by atoms with Crippen LogP contribution in [0, 0.1) is 0 Å². The van der Waals surface area contributed by atoms with E-state index in [0.29, 0.717) is 12.3 Å². The predicted octanol–water partition coefficient (Wildman–Crippen LogP) is 2.55. The minimum Gasteiger partial charge on any atom is -0.484 e. The van der Waals surface area contributed by atoms with Crippen molar-refractivity contribution in [2.75, 3.05) is 64.9 Å². The molecule has 2 aromatic carbocycles. The van der Waals surface area contributed by atoms with Crippen LogP contribution in [0.25, 0.3) is 0 Å². The minimum atomic E-state index is -0.0827. The fourth-order valence-electron chi connectivity index (χ4n) is 4.53. The third-order valence-corrected chi connectivity index (χ3v) is 6.42. The van der Waals surface area contributed by atoms with Crippen molar-refractivity contribution in [1.29, 1.82) is 0 Å². The number of ether oxygens (including phenoxy) is 1. The van der Waals surface area contributed by atoms with E-state index in [1.807, 2.05) is 30.3 Å². The molecule has 0 aromatic heterocycles. The van der Waals surface area contributed by atoms with Crippen LogP contribution in [0.3, 0.4) is 0 Å². The summed E-state index contributed by atoms with van der Waals surface area (Å²) in [6.45, 7) is 5.86. The molecule has 0 bridgehead atoms. The maximum absolute atomic E-state index is 12.5.